The second-order valence-electron chi connectivity index (χ2n) is 5.94. The normalized spacial score (nSPS) is 32.9. The predicted molar refractivity (Wildman–Crippen MR) is 69.4 cm³/mol. The number of hydrogen-bond acceptors (Lipinski definition) is 5. The zero-order valence-corrected chi connectivity index (χ0v) is 11.7. The molecule has 0 aromatic rings. The highest BCUT2D eigenvalue weighted by atomic mass is 32.2. The predicted octanol–water partition coefficient (Wildman–Crippen LogP) is -1.08. The summed E-state index contributed by atoms with van der Waals surface area (Å²) in [6, 6.07) is -0.185. The molecule has 108 valence electrons. The minimum absolute atomic E-state index is 0.00492. The van der Waals surface area contributed by atoms with E-state index in [1.807, 2.05) is 0 Å². The van der Waals surface area contributed by atoms with Gasteiger partial charge in [0, 0.05) is 26.3 Å². The zero-order chi connectivity index (χ0) is 13.5. The molecule has 3 heterocycles. The lowest BCUT2D eigenvalue weighted by Crippen LogP contribution is -2.56. The van der Waals surface area contributed by atoms with Crippen LogP contribution in [0.3, 0.4) is 0 Å². The highest BCUT2D eigenvalue weighted by Gasteiger charge is 2.48. The van der Waals surface area contributed by atoms with Gasteiger partial charge in [0.25, 0.3) is 0 Å². The van der Waals surface area contributed by atoms with Crippen LogP contribution in [0, 0.1) is 11.3 Å². The third-order valence-electron chi connectivity index (χ3n) is 4.63. The fourth-order valence-corrected chi connectivity index (χ4v) is 4.72. The maximum atomic E-state index is 12.3. The first kappa shape index (κ1) is 13.3. The lowest BCUT2D eigenvalue weighted by atomic mass is 9.71. The molecule has 1 spiro atoms. The Morgan fingerprint density at radius 1 is 1.26 bits per heavy atom. The maximum Gasteiger partial charge on any atom is 0.225 e. The minimum atomic E-state index is -2.88. The number of carbonyl (C=O) groups is 1. The Kier molecular flexibility index (Phi) is 3.31. The Balaban J connectivity index is 1.62. The topological polar surface area (TPSA) is 84.5 Å². The Hall–Kier alpha value is -0.660. The largest absolute Gasteiger partial charge is 0.381 e. The van der Waals surface area contributed by atoms with Gasteiger partial charge >= 0.3 is 0 Å². The van der Waals surface area contributed by atoms with Gasteiger partial charge in [-0.05, 0) is 18.3 Å². The van der Waals surface area contributed by atoms with Crippen molar-refractivity contribution in [3.8, 4) is 0 Å². The first-order valence-corrected chi connectivity index (χ1v) is 8.62. The smallest absolute Gasteiger partial charge is 0.225 e. The number of amides is 1. The van der Waals surface area contributed by atoms with E-state index in [-0.39, 0.29) is 34.8 Å². The van der Waals surface area contributed by atoms with Gasteiger partial charge in [-0.1, -0.05) is 0 Å². The van der Waals surface area contributed by atoms with Gasteiger partial charge in [-0.3, -0.25) is 4.79 Å². The van der Waals surface area contributed by atoms with E-state index in [0.717, 1.165) is 19.4 Å². The quantitative estimate of drug-likeness (QED) is 0.675. The highest BCUT2D eigenvalue weighted by Crippen LogP contribution is 2.41. The van der Waals surface area contributed by atoms with Gasteiger partial charge in [-0.15, -0.1) is 0 Å². The number of sulfone groups is 1. The molecule has 2 N–H and O–H groups in total. The average molecular weight is 288 g/mol. The summed E-state index contributed by atoms with van der Waals surface area (Å²) in [6.45, 7) is 2.97. The van der Waals surface area contributed by atoms with Crippen LogP contribution < -0.4 is 10.6 Å². The summed E-state index contributed by atoms with van der Waals surface area (Å²) in [7, 11) is -2.88. The second kappa shape index (κ2) is 4.71. The van der Waals surface area contributed by atoms with E-state index in [1.54, 1.807) is 0 Å². The number of carbonyl (C=O) groups excluding carboxylic acids is 1. The van der Waals surface area contributed by atoms with Crippen molar-refractivity contribution in [2.45, 2.75) is 18.9 Å². The Bertz CT molecular complexity index is 458. The number of ether oxygens (including phenoxy) is 1. The van der Waals surface area contributed by atoms with Crippen LogP contribution in [0.2, 0.25) is 0 Å². The molecule has 0 radical (unpaired) electrons. The molecular weight excluding hydrogens is 268 g/mol. The molecule has 3 aliphatic heterocycles. The Labute approximate surface area is 113 Å². The SMILES string of the molecule is O=C(NC1CS(=O)(=O)C1)C1CNCC12CCOCC2. The summed E-state index contributed by atoms with van der Waals surface area (Å²) in [5, 5.41) is 6.19. The maximum absolute atomic E-state index is 12.3. The van der Waals surface area contributed by atoms with Gasteiger partial charge < -0.3 is 15.4 Å². The monoisotopic (exact) mass is 288 g/mol. The van der Waals surface area contributed by atoms with Crippen LogP contribution in [0.15, 0.2) is 0 Å². The fraction of sp³-hybridized carbons (Fsp3) is 0.917. The number of rotatable bonds is 2. The molecule has 1 unspecified atom stereocenters. The molecule has 1 atom stereocenters. The molecule has 0 saturated carbocycles. The molecule has 6 nitrogen and oxygen atoms in total. The van der Waals surface area contributed by atoms with Crippen molar-refractivity contribution < 1.29 is 17.9 Å². The molecule has 0 bridgehead atoms. The lowest BCUT2D eigenvalue weighted by Gasteiger charge is -2.38. The standard InChI is InChI=1S/C12H20N2O4S/c15-11(14-9-6-19(16,17)7-9)10-5-13-8-12(10)1-3-18-4-2-12/h9-10,13H,1-8H2,(H,14,15). The molecule has 7 heteroatoms. The van der Waals surface area contributed by atoms with E-state index < -0.39 is 9.84 Å². The molecule has 0 aromatic carbocycles. The Morgan fingerprint density at radius 3 is 2.58 bits per heavy atom. The zero-order valence-electron chi connectivity index (χ0n) is 10.9. The van der Waals surface area contributed by atoms with Gasteiger partial charge in [0.15, 0.2) is 9.84 Å². The van der Waals surface area contributed by atoms with Crippen molar-refractivity contribution in [3.63, 3.8) is 0 Å². The van der Waals surface area contributed by atoms with Crippen LogP contribution in [-0.4, -0.2) is 58.2 Å². The van der Waals surface area contributed by atoms with Crippen molar-refractivity contribution in [1.82, 2.24) is 10.6 Å². The van der Waals surface area contributed by atoms with E-state index in [1.165, 1.54) is 0 Å². The van der Waals surface area contributed by atoms with E-state index in [0.29, 0.717) is 19.8 Å². The van der Waals surface area contributed by atoms with E-state index in [2.05, 4.69) is 10.6 Å². The third kappa shape index (κ3) is 2.51. The third-order valence-corrected chi connectivity index (χ3v) is 6.45. The van der Waals surface area contributed by atoms with Crippen LogP contribution in [0.25, 0.3) is 0 Å². The minimum Gasteiger partial charge on any atom is -0.381 e. The first-order chi connectivity index (χ1) is 9.01. The fourth-order valence-electron chi connectivity index (χ4n) is 3.43. The van der Waals surface area contributed by atoms with Gasteiger partial charge in [0.2, 0.25) is 5.91 Å². The van der Waals surface area contributed by atoms with Crippen LogP contribution in [-0.2, 0) is 19.4 Å². The van der Waals surface area contributed by atoms with Crippen LogP contribution >= 0.6 is 0 Å². The molecule has 0 aliphatic carbocycles. The van der Waals surface area contributed by atoms with E-state index in [4.69, 9.17) is 4.74 Å². The van der Waals surface area contributed by atoms with Crippen molar-refractivity contribution >= 4 is 15.7 Å². The van der Waals surface area contributed by atoms with Crippen LogP contribution in [0.4, 0.5) is 0 Å². The van der Waals surface area contributed by atoms with Crippen LogP contribution in [0.5, 0.6) is 0 Å². The molecule has 3 rings (SSSR count). The van der Waals surface area contributed by atoms with Crippen molar-refractivity contribution in [2.75, 3.05) is 37.8 Å². The second-order valence-corrected chi connectivity index (χ2v) is 8.09. The van der Waals surface area contributed by atoms with E-state index >= 15 is 0 Å². The lowest BCUT2D eigenvalue weighted by molar-refractivity contribution is -0.130. The van der Waals surface area contributed by atoms with Gasteiger partial charge in [0.05, 0.1) is 23.5 Å². The number of nitrogens with one attached hydrogen (secondary N) is 2. The molecule has 3 saturated heterocycles. The van der Waals surface area contributed by atoms with Gasteiger partial charge in [-0.25, -0.2) is 8.42 Å². The summed E-state index contributed by atoms with van der Waals surface area (Å²) in [5.41, 5.74) is 0.00492. The van der Waals surface area contributed by atoms with Gasteiger partial charge in [-0.2, -0.15) is 0 Å². The molecular formula is C12H20N2O4S. The molecule has 3 aliphatic rings. The summed E-state index contributed by atoms with van der Waals surface area (Å²) >= 11 is 0. The van der Waals surface area contributed by atoms with Crippen molar-refractivity contribution in [3.05, 3.63) is 0 Å². The highest BCUT2D eigenvalue weighted by molar-refractivity contribution is 7.92. The summed E-state index contributed by atoms with van der Waals surface area (Å²) in [4.78, 5) is 12.3. The number of hydrogen-bond donors (Lipinski definition) is 2. The summed E-state index contributed by atoms with van der Waals surface area (Å²) in [6.07, 6.45) is 1.81. The van der Waals surface area contributed by atoms with Crippen molar-refractivity contribution in [2.24, 2.45) is 11.3 Å². The Morgan fingerprint density at radius 2 is 1.95 bits per heavy atom. The molecule has 1 amide bonds. The molecule has 3 fully saturated rings. The average Bonchev–Trinajstić information content (AvgIpc) is 2.71. The summed E-state index contributed by atoms with van der Waals surface area (Å²) < 4.78 is 27.6. The van der Waals surface area contributed by atoms with Gasteiger partial charge in [0.1, 0.15) is 0 Å². The molecule has 19 heavy (non-hydrogen) atoms. The van der Waals surface area contributed by atoms with Crippen LogP contribution in [0.1, 0.15) is 12.8 Å². The summed E-state index contributed by atoms with van der Waals surface area (Å²) in [5.74, 6) is 0.135. The van der Waals surface area contributed by atoms with Crippen molar-refractivity contribution in [1.29, 1.82) is 0 Å². The molecule has 0 aromatic heterocycles. The van der Waals surface area contributed by atoms with E-state index in [9.17, 15) is 13.2 Å². The first-order valence-electron chi connectivity index (χ1n) is 6.80.